The summed E-state index contributed by atoms with van der Waals surface area (Å²) in [5, 5.41) is 0. The van der Waals surface area contributed by atoms with Crippen molar-refractivity contribution in [3.8, 4) is 5.75 Å². The minimum atomic E-state index is -3.26. The highest BCUT2D eigenvalue weighted by Gasteiger charge is 2.30. The van der Waals surface area contributed by atoms with Crippen molar-refractivity contribution in [2.75, 3.05) is 18.1 Å². The van der Waals surface area contributed by atoms with Gasteiger partial charge in [-0.2, -0.15) is 0 Å². The number of hydrogen-bond donors (Lipinski definition) is 2. The van der Waals surface area contributed by atoms with Gasteiger partial charge in [-0.15, -0.1) is 0 Å². The molecule has 1 fully saturated rings. The van der Waals surface area contributed by atoms with E-state index in [-0.39, 0.29) is 18.4 Å². The summed E-state index contributed by atoms with van der Waals surface area (Å²) >= 11 is 0. The van der Waals surface area contributed by atoms with E-state index in [0.29, 0.717) is 17.4 Å². The van der Waals surface area contributed by atoms with E-state index in [0.717, 1.165) is 12.8 Å². The van der Waals surface area contributed by atoms with Crippen LogP contribution in [-0.2, 0) is 10.0 Å². The van der Waals surface area contributed by atoms with Crippen molar-refractivity contribution >= 4 is 15.7 Å². The van der Waals surface area contributed by atoms with Crippen LogP contribution in [0.1, 0.15) is 19.8 Å². The summed E-state index contributed by atoms with van der Waals surface area (Å²) in [5.41, 5.74) is 6.20. The lowest BCUT2D eigenvalue weighted by molar-refractivity contribution is 0.340. The number of nitrogens with two attached hydrogens (primary N) is 1. The largest absolute Gasteiger partial charge is 0.492 e. The Hall–Kier alpha value is -1.27. The standard InChI is InChI=1S/C13H20N2O3S/c1-10(11-2-3-11)15-19(16,17)9-8-18-13-6-4-12(14)5-7-13/h4-7,10-11,15H,2-3,8-9,14H2,1H3. The van der Waals surface area contributed by atoms with Gasteiger partial charge in [0.15, 0.2) is 0 Å². The first-order valence-corrected chi connectivity index (χ1v) is 8.10. The zero-order valence-electron chi connectivity index (χ0n) is 11.0. The molecule has 0 heterocycles. The SMILES string of the molecule is CC(NS(=O)(=O)CCOc1ccc(N)cc1)C1CC1. The highest BCUT2D eigenvalue weighted by molar-refractivity contribution is 7.89. The third kappa shape index (κ3) is 4.72. The maximum Gasteiger partial charge on any atom is 0.215 e. The number of ether oxygens (including phenoxy) is 1. The van der Waals surface area contributed by atoms with E-state index in [1.54, 1.807) is 24.3 Å². The Morgan fingerprint density at radius 1 is 1.37 bits per heavy atom. The summed E-state index contributed by atoms with van der Waals surface area (Å²) in [7, 11) is -3.26. The van der Waals surface area contributed by atoms with Gasteiger partial charge in [-0.05, 0) is 49.9 Å². The molecule has 0 aromatic heterocycles. The summed E-state index contributed by atoms with van der Waals surface area (Å²) in [5.74, 6) is 1.10. The van der Waals surface area contributed by atoms with Gasteiger partial charge in [-0.3, -0.25) is 0 Å². The number of anilines is 1. The molecule has 0 spiro atoms. The molecule has 0 aliphatic heterocycles. The van der Waals surface area contributed by atoms with E-state index >= 15 is 0 Å². The second-order valence-electron chi connectivity index (χ2n) is 4.98. The van der Waals surface area contributed by atoms with Gasteiger partial charge in [-0.25, -0.2) is 13.1 Å². The Bertz CT molecular complexity index is 509. The first kappa shape index (κ1) is 14.1. The number of rotatable bonds is 7. The number of hydrogen-bond acceptors (Lipinski definition) is 4. The Morgan fingerprint density at radius 3 is 2.58 bits per heavy atom. The fourth-order valence-corrected chi connectivity index (χ4v) is 3.05. The van der Waals surface area contributed by atoms with Crippen molar-refractivity contribution in [1.29, 1.82) is 0 Å². The average molecular weight is 284 g/mol. The Labute approximate surface area is 114 Å². The number of nitrogen functional groups attached to an aromatic ring is 1. The van der Waals surface area contributed by atoms with Gasteiger partial charge in [0.05, 0.1) is 5.75 Å². The van der Waals surface area contributed by atoms with Crippen molar-refractivity contribution in [3.05, 3.63) is 24.3 Å². The van der Waals surface area contributed by atoms with Gasteiger partial charge in [0.2, 0.25) is 10.0 Å². The molecule has 19 heavy (non-hydrogen) atoms. The molecular formula is C13H20N2O3S. The van der Waals surface area contributed by atoms with Crippen molar-refractivity contribution in [1.82, 2.24) is 4.72 Å². The van der Waals surface area contributed by atoms with E-state index in [2.05, 4.69) is 4.72 Å². The molecule has 2 rings (SSSR count). The molecule has 1 aromatic carbocycles. The predicted molar refractivity (Wildman–Crippen MR) is 75.5 cm³/mol. The van der Waals surface area contributed by atoms with E-state index in [4.69, 9.17) is 10.5 Å². The quantitative estimate of drug-likeness (QED) is 0.741. The van der Waals surface area contributed by atoms with Crippen LogP contribution in [-0.4, -0.2) is 26.8 Å². The van der Waals surface area contributed by atoms with E-state index in [1.165, 1.54) is 0 Å². The van der Waals surface area contributed by atoms with Crippen molar-refractivity contribution in [2.45, 2.75) is 25.8 Å². The Morgan fingerprint density at radius 2 is 2.00 bits per heavy atom. The first-order chi connectivity index (χ1) is 8.96. The molecule has 1 aromatic rings. The lowest BCUT2D eigenvalue weighted by atomic mass is 10.2. The van der Waals surface area contributed by atoms with Gasteiger partial charge in [0, 0.05) is 11.7 Å². The lowest BCUT2D eigenvalue weighted by Crippen LogP contribution is -2.37. The maximum absolute atomic E-state index is 11.8. The van der Waals surface area contributed by atoms with Crippen LogP contribution < -0.4 is 15.2 Å². The number of sulfonamides is 1. The summed E-state index contributed by atoms with van der Waals surface area (Å²) in [4.78, 5) is 0. The third-order valence-electron chi connectivity index (χ3n) is 3.20. The van der Waals surface area contributed by atoms with Crippen LogP contribution in [0.4, 0.5) is 5.69 Å². The summed E-state index contributed by atoms with van der Waals surface area (Å²) < 4.78 is 31.7. The normalized spacial score (nSPS) is 17.1. The van der Waals surface area contributed by atoms with Crippen molar-refractivity contribution < 1.29 is 13.2 Å². The molecule has 1 aliphatic carbocycles. The molecule has 0 radical (unpaired) electrons. The molecule has 6 heteroatoms. The van der Waals surface area contributed by atoms with Crippen LogP contribution in [0.25, 0.3) is 0 Å². The first-order valence-electron chi connectivity index (χ1n) is 6.44. The molecule has 0 saturated heterocycles. The van der Waals surface area contributed by atoms with Crippen LogP contribution in [0.3, 0.4) is 0 Å². The fraction of sp³-hybridized carbons (Fsp3) is 0.538. The van der Waals surface area contributed by atoms with Gasteiger partial charge < -0.3 is 10.5 Å². The molecule has 0 amide bonds. The zero-order chi connectivity index (χ0) is 13.9. The van der Waals surface area contributed by atoms with Gasteiger partial charge in [0.25, 0.3) is 0 Å². The Balaban J connectivity index is 1.76. The molecule has 3 N–H and O–H groups in total. The smallest absolute Gasteiger partial charge is 0.215 e. The molecule has 1 aliphatic rings. The second-order valence-corrected chi connectivity index (χ2v) is 6.85. The zero-order valence-corrected chi connectivity index (χ0v) is 11.8. The van der Waals surface area contributed by atoms with Gasteiger partial charge >= 0.3 is 0 Å². The average Bonchev–Trinajstić information content (AvgIpc) is 3.15. The monoisotopic (exact) mass is 284 g/mol. The second kappa shape index (κ2) is 5.79. The molecule has 5 nitrogen and oxygen atoms in total. The minimum absolute atomic E-state index is 0.0292. The van der Waals surface area contributed by atoms with Crippen LogP contribution in [0, 0.1) is 5.92 Å². The Kier molecular flexibility index (Phi) is 4.31. The fourth-order valence-electron chi connectivity index (χ4n) is 1.87. The van der Waals surface area contributed by atoms with E-state index < -0.39 is 10.0 Å². The van der Waals surface area contributed by atoms with Crippen molar-refractivity contribution in [3.63, 3.8) is 0 Å². The molecule has 1 atom stereocenters. The highest BCUT2D eigenvalue weighted by Crippen LogP contribution is 2.32. The minimum Gasteiger partial charge on any atom is -0.492 e. The molecule has 1 unspecified atom stereocenters. The lowest BCUT2D eigenvalue weighted by Gasteiger charge is -2.13. The summed E-state index contributed by atoms with van der Waals surface area (Å²) in [6.07, 6.45) is 2.23. The van der Waals surface area contributed by atoms with Crippen LogP contribution in [0.15, 0.2) is 24.3 Å². The van der Waals surface area contributed by atoms with Crippen LogP contribution >= 0.6 is 0 Å². The van der Waals surface area contributed by atoms with Gasteiger partial charge in [-0.1, -0.05) is 0 Å². The van der Waals surface area contributed by atoms with Crippen LogP contribution in [0.2, 0.25) is 0 Å². The van der Waals surface area contributed by atoms with E-state index in [9.17, 15) is 8.42 Å². The number of nitrogens with one attached hydrogen (secondary N) is 1. The highest BCUT2D eigenvalue weighted by atomic mass is 32.2. The van der Waals surface area contributed by atoms with Crippen LogP contribution in [0.5, 0.6) is 5.75 Å². The molecule has 0 bridgehead atoms. The molecular weight excluding hydrogens is 264 g/mol. The summed E-state index contributed by atoms with van der Waals surface area (Å²) in [6, 6.07) is 6.92. The summed E-state index contributed by atoms with van der Waals surface area (Å²) in [6.45, 7) is 2.05. The topological polar surface area (TPSA) is 81.4 Å². The predicted octanol–water partition coefficient (Wildman–Crippen LogP) is 1.37. The molecule has 1 saturated carbocycles. The van der Waals surface area contributed by atoms with Crippen molar-refractivity contribution in [2.24, 2.45) is 5.92 Å². The molecule has 106 valence electrons. The number of benzene rings is 1. The van der Waals surface area contributed by atoms with E-state index in [1.807, 2.05) is 6.92 Å². The van der Waals surface area contributed by atoms with Gasteiger partial charge in [0.1, 0.15) is 12.4 Å². The maximum atomic E-state index is 11.8. The third-order valence-corrected chi connectivity index (χ3v) is 4.63.